The molecule has 0 spiro atoms. The van der Waals surface area contributed by atoms with E-state index in [9.17, 15) is 22.8 Å². The fourth-order valence-corrected chi connectivity index (χ4v) is 4.73. The van der Waals surface area contributed by atoms with Gasteiger partial charge in [-0.05, 0) is 50.1 Å². The number of sulfonamides is 1. The molecule has 35 heavy (non-hydrogen) atoms. The lowest BCUT2D eigenvalue weighted by Crippen LogP contribution is -2.51. The molecule has 0 aliphatic rings. The Morgan fingerprint density at radius 2 is 1.77 bits per heavy atom. The zero-order valence-corrected chi connectivity index (χ0v) is 22.9. The maximum atomic E-state index is 13.5. The summed E-state index contributed by atoms with van der Waals surface area (Å²) in [5, 5.41) is 2.84. The van der Waals surface area contributed by atoms with Gasteiger partial charge in [-0.2, -0.15) is 0 Å². The molecule has 0 heterocycles. The van der Waals surface area contributed by atoms with Gasteiger partial charge in [0.25, 0.3) is 0 Å². The number of hydrogen-bond donors (Lipinski definition) is 1. The van der Waals surface area contributed by atoms with Crippen molar-refractivity contribution in [2.24, 2.45) is 0 Å². The van der Waals surface area contributed by atoms with Crippen molar-refractivity contribution in [3.63, 3.8) is 0 Å². The summed E-state index contributed by atoms with van der Waals surface area (Å²) in [6.07, 6.45) is 2.73. The number of Topliss-reactive ketones (excluding diaryl/α,β-unsaturated/α-hetero) is 1. The number of carbonyl (C=O) groups excluding carboxylic acids is 3. The minimum absolute atomic E-state index is 0.117. The normalized spacial score (nSPS) is 12.0. The number of carbonyl (C=O) groups is 3. The minimum atomic E-state index is -3.87. The Kier molecular flexibility index (Phi) is 10.5. The zero-order valence-electron chi connectivity index (χ0n) is 20.5. The maximum Gasteiger partial charge on any atom is 0.244 e. The average Bonchev–Trinajstić information content (AvgIpc) is 2.79. The van der Waals surface area contributed by atoms with Crippen LogP contribution in [0.1, 0.15) is 49.5 Å². The minimum Gasteiger partial charge on any atom is -0.354 e. The van der Waals surface area contributed by atoms with Crippen LogP contribution in [-0.2, 0) is 26.2 Å². The van der Waals surface area contributed by atoms with Crippen LogP contribution in [-0.4, -0.2) is 56.3 Å². The fraction of sp³-hybridized carbons (Fsp3) is 0.400. The van der Waals surface area contributed by atoms with Gasteiger partial charge in [0.05, 0.1) is 11.9 Å². The Morgan fingerprint density at radius 3 is 2.37 bits per heavy atom. The van der Waals surface area contributed by atoms with Crippen LogP contribution in [0.3, 0.4) is 0 Å². The lowest BCUT2D eigenvalue weighted by molar-refractivity contribution is -0.139. The molecule has 0 fully saturated rings. The van der Waals surface area contributed by atoms with Crippen molar-refractivity contribution in [3.8, 4) is 0 Å². The standard InChI is InChI=1S/C25H32BrN3O5S/c1-5-6-13-27-25(32)18(2)28(16-20-9-7-11-22(26)14-20)24(31)17-29(35(4,33)34)23-12-8-10-21(15-23)19(3)30/h7-12,14-15,18H,5-6,13,16-17H2,1-4H3,(H,27,32)/t18-/m1/s1. The number of hydrogen-bond acceptors (Lipinski definition) is 5. The molecule has 0 aromatic heterocycles. The van der Waals surface area contributed by atoms with Crippen LogP contribution < -0.4 is 9.62 Å². The largest absolute Gasteiger partial charge is 0.354 e. The molecule has 10 heteroatoms. The Hall–Kier alpha value is -2.72. The molecule has 0 aliphatic heterocycles. The molecule has 190 valence electrons. The molecule has 2 amide bonds. The van der Waals surface area contributed by atoms with E-state index in [1.165, 1.54) is 24.0 Å². The lowest BCUT2D eigenvalue weighted by atomic mass is 10.1. The van der Waals surface area contributed by atoms with Crippen molar-refractivity contribution >= 4 is 49.2 Å². The summed E-state index contributed by atoms with van der Waals surface area (Å²) < 4.78 is 27.1. The fourth-order valence-electron chi connectivity index (χ4n) is 3.44. The maximum absolute atomic E-state index is 13.5. The van der Waals surface area contributed by atoms with Gasteiger partial charge in [0.15, 0.2) is 5.78 Å². The molecule has 8 nitrogen and oxygen atoms in total. The summed E-state index contributed by atoms with van der Waals surface area (Å²) >= 11 is 3.41. The van der Waals surface area contributed by atoms with E-state index >= 15 is 0 Å². The molecule has 0 bridgehead atoms. The molecule has 2 aromatic carbocycles. The van der Waals surface area contributed by atoms with Gasteiger partial charge in [0.2, 0.25) is 21.8 Å². The second-order valence-electron chi connectivity index (χ2n) is 8.35. The van der Waals surface area contributed by atoms with E-state index in [1.807, 2.05) is 31.2 Å². The van der Waals surface area contributed by atoms with Crippen molar-refractivity contribution in [2.45, 2.75) is 46.2 Å². The highest BCUT2D eigenvalue weighted by molar-refractivity contribution is 9.10. The molecule has 0 aliphatic carbocycles. The van der Waals surface area contributed by atoms with Crippen LogP contribution in [0, 0.1) is 0 Å². The van der Waals surface area contributed by atoms with E-state index in [0.717, 1.165) is 33.4 Å². The van der Waals surface area contributed by atoms with Gasteiger partial charge in [0, 0.05) is 23.1 Å². The van der Waals surface area contributed by atoms with Gasteiger partial charge in [-0.3, -0.25) is 18.7 Å². The van der Waals surface area contributed by atoms with Crippen LogP contribution in [0.25, 0.3) is 0 Å². The summed E-state index contributed by atoms with van der Waals surface area (Å²) in [6, 6.07) is 12.6. The van der Waals surface area contributed by atoms with Crippen molar-refractivity contribution < 1.29 is 22.8 Å². The third kappa shape index (κ3) is 8.47. The lowest BCUT2D eigenvalue weighted by Gasteiger charge is -2.31. The molecule has 2 aromatic rings. The molecule has 0 saturated carbocycles. The first-order valence-corrected chi connectivity index (χ1v) is 14.0. The predicted octanol–water partition coefficient (Wildman–Crippen LogP) is 3.75. The van der Waals surface area contributed by atoms with E-state index in [1.54, 1.807) is 19.1 Å². The van der Waals surface area contributed by atoms with Crippen LogP contribution in [0.5, 0.6) is 0 Å². The molecular formula is C25H32BrN3O5S. The third-order valence-corrected chi connectivity index (χ3v) is 7.09. The molecule has 2 rings (SSSR count). The van der Waals surface area contributed by atoms with Crippen LogP contribution >= 0.6 is 15.9 Å². The highest BCUT2D eigenvalue weighted by Gasteiger charge is 2.30. The van der Waals surface area contributed by atoms with E-state index < -0.39 is 28.5 Å². The van der Waals surface area contributed by atoms with Crippen molar-refractivity contribution in [1.82, 2.24) is 10.2 Å². The highest BCUT2D eigenvalue weighted by atomic mass is 79.9. The summed E-state index contributed by atoms with van der Waals surface area (Å²) in [4.78, 5) is 39.5. The first kappa shape index (κ1) is 28.5. The quantitative estimate of drug-likeness (QED) is 0.312. The molecule has 0 unspecified atom stereocenters. The summed E-state index contributed by atoms with van der Waals surface area (Å²) in [7, 11) is -3.87. The van der Waals surface area contributed by atoms with Gasteiger partial charge in [0.1, 0.15) is 12.6 Å². The van der Waals surface area contributed by atoms with E-state index in [-0.39, 0.29) is 23.9 Å². The average molecular weight is 567 g/mol. The zero-order chi connectivity index (χ0) is 26.2. The number of anilines is 1. The topological polar surface area (TPSA) is 104 Å². The van der Waals surface area contributed by atoms with Gasteiger partial charge >= 0.3 is 0 Å². The SMILES string of the molecule is CCCCNC(=O)[C@@H](C)N(Cc1cccc(Br)c1)C(=O)CN(c1cccc(C(C)=O)c1)S(C)(=O)=O. The Balaban J connectivity index is 2.39. The van der Waals surface area contributed by atoms with Crippen LogP contribution in [0.2, 0.25) is 0 Å². The predicted molar refractivity (Wildman–Crippen MR) is 141 cm³/mol. The van der Waals surface area contributed by atoms with E-state index in [0.29, 0.717) is 12.1 Å². The summed E-state index contributed by atoms with van der Waals surface area (Å²) in [5.41, 5.74) is 1.32. The summed E-state index contributed by atoms with van der Waals surface area (Å²) in [5.74, 6) is -1.08. The van der Waals surface area contributed by atoms with Crippen LogP contribution in [0.4, 0.5) is 5.69 Å². The van der Waals surface area contributed by atoms with E-state index in [2.05, 4.69) is 21.2 Å². The molecule has 0 radical (unpaired) electrons. The number of ketones is 1. The molecular weight excluding hydrogens is 534 g/mol. The Bertz CT molecular complexity index is 1170. The van der Waals surface area contributed by atoms with Gasteiger partial charge < -0.3 is 10.2 Å². The number of halogens is 1. The first-order valence-electron chi connectivity index (χ1n) is 11.3. The van der Waals surface area contributed by atoms with Crippen LogP contribution in [0.15, 0.2) is 53.0 Å². The second kappa shape index (κ2) is 12.8. The smallest absolute Gasteiger partial charge is 0.244 e. The number of unbranched alkanes of at least 4 members (excludes halogenated alkanes) is 1. The second-order valence-corrected chi connectivity index (χ2v) is 11.2. The van der Waals surface area contributed by atoms with Crippen molar-refractivity contribution in [2.75, 3.05) is 23.7 Å². The highest BCUT2D eigenvalue weighted by Crippen LogP contribution is 2.21. The first-order chi connectivity index (χ1) is 16.4. The Labute approximate surface area is 215 Å². The van der Waals surface area contributed by atoms with Gasteiger partial charge in [-0.1, -0.05) is 53.5 Å². The number of rotatable bonds is 12. The molecule has 1 N–H and O–H groups in total. The number of nitrogens with zero attached hydrogens (tertiary/aromatic N) is 2. The number of nitrogens with one attached hydrogen (secondary N) is 1. The molecule has 1 atom stereocenters. The van der Waals surface area contributed by atoms with Gasteiger partial charge in [-0.25, -0.2) is 8.42 Å². The van der Waals surface area contributed by atoms with Gasteiger partial charge in [-0.15, -0.1) is 0 Å². The summed E-state index contributed by atoms with van der Waals surface area (Å²) in [6.45, 7) is 5.11. The number of amides is 2. The molecule has 0 saturated heterocycles. The van der Waals surface area contributed by atoms with E-state index in [4.69, 9.17) is 0 Å². The third-order valence-electron chi connectivity index (χ3n) is 5.46. The number of benzene rings is 2. The Morgan fingerprint density at radius 1 is 1.09 bits per heavy atom. The van der Waals surface area contributed by atoms with Crippen molar-refractivity contribution in [3.05, 3.63) is 64.1 Å². The van der Waals surface area contributed by atoms with Crippen molar-refractivity contribution in [1.29, 1.82) is 0 Å². The monoisotopic (exact) mass is 565 g/mol.